The van der Waals surface area contributed by atoms with Crippen LogP contribution < -0.4 is 4.72 Å². The van der Waals surface area contributed by atoms with Crippen LogP contribution >= 0.6 is 11.6 Å². The molecule has 2 atom stereocenters. The first kappa shape index (κ1) is 15.2. The van der Waals surface area contributed by atoms with E-state index < -0.39 is 10.2 Å². The Morgan fingerprint density at radius 1 is 1.47 bits per heavy atom. The second kappa shape index (κ2) is 6.92. The molecule has 0 aromatic rings. The lowest BCUT2D eigenvalue weighted by Crippen LogP contribution is -2.48. The Bertz CT molecular complexity index is 321. The van der Waals surface area contributed by atoms with Crippen LogP contribution in [0.25, 0.3) is 0 Å². The lowest BCUT2D eigenvalue weighted by Gasteiger charge is -2.32. The zero-order chi connectivity index (χ0) is 12.9. The second-order valence-electron chi connectivity index (χ2n) is 4.69. The van der Waals surface area contributed by atoms with Crippen molar-refractivity contribution < 1.29 is 8.42 Å². The summed E-state index contributed by atoms with van der Waals surface area (Å²) in [6, 6.07) is 0.0983. The first-order chi connectivity index (χ1) is 7.97. The van der Waals surface area contributed by atoms with E-state index in [9.17, 15) is 8.42 Å². The third-order valence-electron chi connectivity index (χ3n) is 3.14. The van der Waals surface area contributed by atoms with Gasteiger partial charge in [-0.25, -0.2) is 4.72 Å². The molecule has 0 bridgehead atoms. The standard InChI is InChI=1S/C11H23ClN2O2S/c1-3-6-11(12)9-13-17(15,16)14-8-5-4-7-10(14)2/h10-11,13H,3-9H2,1-2H3. The highest BCUT2D eigenvalue weighted by atomic mass is 35.5. The molecule has 1 rings (SSSR count). The van der Waals surface area contributed by atoms with Crippen LogP contribution in [0.15, 0.2) is 0 Å². The van der Waals surface area contributed by atoms with Crippen molar-refractivity contribution in [2.24, 2.45) is 0 Å². The van der Waals surface area contributed by atoms with E-state index in [1.54, 1.807) is 4.31 Å². The van der Waals surface area contributed by atoms with Gasteiger partial charge in [0.1, 0.15) is 0 Å². The average molecular weight is 283 g/mol. The second-order valence-corrected chi connectivity index (χ2v) is 7.02. The molecule has 1 N–H and O–H groups in total. The summed E-state index contributed by atoms with van der Waals surface area (Å²) in [6.07, 6.45) is 4.81. The number of nitrogens with zero attached hydrogens (tertiary/aromatic N) is 1. The maximum absolute atomic E-state index is 12.1. The van der Waals surface area contributed by atoms with Crippen molar-refractivity contribution in [1.29, 1.82) is 0 Å². The van der Waals surface area contributed by atoms with Gasteiger partial charge < -0.3 is 0 Å². The van der Waals surface area contributed by atoms with Crippen LogP contribution in [0.2, 0.25) is 0 Å². The van der Waals surface area contributed by atoms with Crippen LogP contribution in [0, 0.1) is 0 Å². The topological polar surface area (TPSA) is 49.4 Å². The molecule has 1 saturated heterocycles. The number of hydrogen-bond donors (Lipinski definition) is 1. The Kier molecular flexibility index (Phi) is 6.20. The van der Waals surface area contributed by atoms with Gasteiger partial charge in [0.05, 0.1) is 0 Å². The fraction of sp³-hybridized carbons (Fsp3) is 1.00. The van der Waals surface area contributed by atoms with E-state index in [4.69, 9.17) is 11.6 Å². The number of piperidine rings is 1. The molecule has 0 radical (unpaired) electrons. The molecule has 2 unspecified atom stereocenters. The van der Waals surface area contributed by atoms with Gasteiger partial charge in [-0.15, -0.1) is 11.6 Å². The van der Waals surface area contributed by atoms with Crippen molar-refractivity contribution in [3.05, 3.63) is 0 Å². The summed E-state index contributed by atoms with van der Waals surface area (Å²) in [7, 11) is -3.35. The molecule has 0 aliphatic carbocycles. The maximum Gasteiger partial charge on any atom is 0.279 e. The van der Waals surface area contributed by atoms with E-state index >= 15 is 0 Å². The Morgan fingerprint density at radius 2 is 2.18 bits per heavy atom. The minimum absolute atomic E-state index is 0.0983. The summed E-state index contributed by atoms with van der Waals surface area (Å²) in [6.45, 7) is 4.94. The van der Waals surface area contributed by atoms with Crippen molar-refractivity contribution in [2.75, 3.05) is 13.1 Å². The van der Waals surface area contributed by atoms with Gasteiger partial charge in [-0.1, -0.05) is 19.8 Å². The van der Waals surface area contributed by atoms with Crippen LogP contribution in [-0.2, 0) is 10.2 Å². The Hall–Kier alpha value is 0.160. The Labute approximate surface area is 110 Å². The first-order valence-electron chi connectivity index (χ1n) is 6.38. The fourth-order valence-corrected chi connectivity index (χ4v) is 4.04. The van der Waals surface area contributed by atoms with E-state index in [2.05, 4.69) is 4.72 Å². The summed E-state index contributed by atoms with van der Waals surface area (Å²) in [4.78, 5) is 0. The molecule has 17 heavy (non-hydrogen) atoms. The maximum atomic E-state index is 12.1. The molecule has 1 heterocycles. The SMILES string of the molecule is CCCC(Cl)CNS(=O)(=O)N1CCCCC1C. The van der Waals surface area contributed by atoms with Gasteiger partial charge in [-0.2, -0.15) is 12.7 Å². The molecule has 0 saturated carbocycles. The summed E-state index contributed by atoms with van der Waals surface area (Å²) in [5, 5.41) is -0.116. The van der Waals surface area contributed by atoms with Crippen LogP contribution in [-0.4, -0.2) is 37.2 Å². The summed E-state index contributed by atoms with van der Waals surface area (Å²) in [5.74, 6) is 0. The highest BCUT2D eigenvalue weighted by Crippen LogP contribution is 2.19. The minimum Gasteiger partial charge on any atom is -0.201 e. The highest BCUT2D eigenvalue weighted by molar-refractivity contribution is 7.87. The number of halogens is 1. The van der Waals surface area contributed by atoms with E-state index in [1.165, 1.54) is 0 Å². The zero-order valence-electron chi connectivity index (χ0n) is 10.7. The van der Waals surface area contributed by atoms with Crippen LogP contribution in [0.3, 0.4) is 0 Å². The number of rotatable bonds is 6. The normalized spacial score (nSPS) is 24.8. The predicted octanol–water partition coefficient (Wildman–Crippen LogP) is 2.10. The smallest absolute Gasteiger partial charge is 0.201 e. The lowest BCUT2D eigenvalue weighted by atomic mass is 10.1. The Morgan fingerprint density at radius 3 is 2.76 bits per heavy atom. The van der Waals surface area contributed by atoms with Crippen LogP contribution in [0.5, 0.6) is 0 Å². The molecule has 0 aromatic carbocycles. The number of nitrogens with one attached hydrogen (secondary N) is 1. The van der Waals surface area contributed by atoms with Crippen molar-refractivity contribution in [3.63, 3.8) is 0 Å². The molecular weight excluding hydrogens is 260 g/mol. The van der Waals surface area contributed by atoms with Gasteiger partial charge in [0.15, 0.2) is 0 Å². The molecule has 1 fully saturated rings. The van der Waals surface area contributed by atoms with Gasteiger partial charge in [0, 0.05) is 24.5 Å². The molecule has 0 spiro atoms. The molecule has 0 amide bonds. The average Bonchev–Trinajstić information content (AvgIpc) is 2.27. The van der Waals surface area contributed by atoms with Crippen LogP contribution in [0.4, 0.5) is 0 Å². The van der Waals surface area contributed by atoms with Gasteiger partial charge in [0.25, 0.3) is 10.2 Å². The molecule has 0 aromatic heterocycles. The van der Waals surface area contributed by atoms with Crippen molar-refractivity contribution >= 4 is 21.8 Å². The molecule has 6 heteroatoms. The van der Waals surface area contributed by atoms with Crippen molar-refractivity contribution in [2.45, 2.75) is 57.4 Å². The molecule has 102 valence electrons. The summed E-state index contributed by atoms with van der Waals surface area (Å²) in [5.41, 5.74) is 0. The van der Waals surface area contributed by atoms with Gasteiger partial charge in [-0.05, 0) is 26.2 Å². The van der Waals surface area contributed by atoms with Gasteiger partial charge in [0.2, 0.25) is 0 Å². The Balaban J connectivity index is 2.49. The highest BCUT2D eigenvalue weighted by Gasteiger charge is 2.29. The van der Waals surface area contributed by atoms with Gasteiger partial charge >= 0.3 is 0 Å². The van der Waals surface area contributed by atoms with E-state index in [-0.39, 0.29) is 11.4 Å². The predicted molar refractivity (Wildman–Crippen MR) is 71.5 cm³/mol. The summed E-state index contributed by atoms with van der Waals surface area (Å²) < 4.78 is 28.3. The monoisotopic (exact) mass is 282 g/mol. The lowest BCUT2D eigenvalue weighted by molar-refractivity contribution is 0.265. The minimum atomic E-state index is -3.35. The molecular formula is C11H23ClN2O2S. The fourth-order valence-electron chi connectivity index (χ4n) is 2.12. The molecule has 4 nitrogen and oxygen atoms in total. The van der Waals surface area contributed by atoms with E-state index in [0.29, 0.717) is 13.1 Å². The van der Waals surface area contributed by atoms with Crippen molar-refractivity contribution in [1.82, 2.24) is 9.03 Å². The third-order valence-corrected chi connectivity index (χ3v) is 5.20. The number of alkyl halides is 1. The van der Waals surface area contributed by atoms with E-state index in [0.717, 1.165) is 32.1 Å². The first-order valence-corrected chi connectivity index (χ1v) is 8.25. The quantitative estimate of drug-likeness (QED) is 0.759. The molecule has 1 aliphatic heterocycles. The number of hydrogen-bond acceptors (Lipinski definition) is 2. The summed E-state index contributed by atoms with van der Waals surface area (Å²) >= 11 is 6.02. The van der Waals surface area contributed by atoms with Crippen LogP contribution in [0.1, 0.15) is 46.0 Å². The van der Waals surface area contributed by atoms with Crippen molar-refractivity contribution in [3.8, 4) is 0 Å². The van der Waals surface area contributed by atoms with E-state index in [1.807, 2.05) is 13.8 Å². The largest absolute Gasteiger partial charge is 0.279 e. The van der Waals surface area contributed by atoms with Gasteiger partial charge in [-0.3, -0.25) is 0 Å². The zero-order valence-corrected chi connectivity index (χ0v) is 12.2. The molecule has 1 aliphatic rings. The third kappa shape index (κ3) is 4.73.